The zero-order valence-electron chi connectivity index (χ0n) is 11.0. The molecule has 0 radical (unpaired) electrons. The van der Waals surface area contributed by atoms with Crippen LogP contribution < -0.4 is 0 Å². The van der Waals surface area contributed by atoms with Gasteiger partial charge in [-0.25, -0.2) is 0 Å². The Kier molecular flexibility index (Phi) is 5.98. The van der Waals surface area contributed by atoms with Gasteiger partial charge in [-0.1, -0.05) is 38.5 Å². The molecule has 88 valence electrons. The second-order valence-electron chi connectivity index (χ2n) is 5.08. The number of aliphatic hydroxyl groups is 1. The molecule has 0 aromatic carbocycles. The quantitative estimate of drug-likeness (QED) is 0.523. The van der Waals surface area contributed by atoms with Crippen molar-refractivity contribution in [3.05, 3.63) is 0 Å². The van der Waals surface area contributed by atoms with Gasteiger partial charge in [0.05, 0.1) is 11.0 Å². The minimum atomic E-state index is -0.677. The molecule has 15 heavy (non-hydrogen) atoms. The Morgan fingerprint density at radius 3 is 2.13 bits per heavy atom. The molecule has 1 nitrogen and oxygen atoms in total. The lowest BCUT2D eigenvalue weighted by molar-refractivity contribution is -0.0296. The Morgan fingerprint density at radius 1 is 1.07 bits per heavy atom. The van der Waals surface area contributed by atoms with Crippen LogP contribution in [-0.2, 0) is 0 Å². The first-order valence-corrected chi connectivity index (χ1v) is 6.03. The van der Waals surface area contributed by atoms with Gasteiger partial charge in [0.2, 0.25) is 0 Å². The topological polar surface area (TPSA) is 20.2 Å². The average molecular weight is 210 g/mol. The van der Waals surface area contributed by atoms with Crippen LogP contribution in [-0.4, -0.2) is 10.7 Å². The third kappa shape index (κ3) is 4.71. The van der Waals surface area contributed by atoms with Gasteiger partial charge < -0.3 is 5.11 Å². The zero-order valence-corrected chi connectivity index (χ0v) is 11.0. The van der Waals surface area contributed by atoms with Gasteiger partial charge in [0.25, 0.3) is 0 Å². The number of hydrogen-bond acceptors (Lipinski definition) is 1. The summed E-state index contributed by atoms with van der Waals surface area (Å²) < 4.78 is 0. The minimum Gasteiger partial charge on any atom is -0.389 e. The molecule has 1 atom stereocenters. The van der Waals surface area contributed by atoms with Crippen molar-refractivity contribution >= 4 is 0 Å². The van der Waals surface area contributed by atoms with Gasteiger partial charge in [0.15, 0.2) is 0 Å². The summed E-state index contributed by atoms with van der Waals surface area (Å²) >= 11 is 0. The Balaban J connectivity index is 4.20. The first kappa shape index (κ1) is 14.5. The van der Waals surface area contributed by atoms with Crippen LogP contribution in [0.5, 0.6) is 0 Å². The fourth-order valence-corrected chi connectivity index (χ4v) is 1.66. The molecule has 0 rings (SSSR count). The maximum Gasteiger partial charge on any atom is 0.0779 e. The standard InChI is InChI=1S/C14H26O/c1-6-8-9-10-12-14(5,15)13(3,4)11-7-2/h15H,6,8-10,12H2,1-5H3. The minimum absolute atomic E-state index is 0.312. The Labute approximate surface area is 95.3 Å². The van der Waals surface area contributed by atoms with Crippen molar-refractivity contribution in [1.82, 2.24) is 0 Å². The summed E-state index contributed by atoms with van der Waals surface area (Å²) in [6.45, 7) is 9.97. The van der Waals surface area contributed by atoms with E-state index < -0.39 is 5.60 Å². The van der Waals surface area contributed by atoms with E-state index in [0.29, 0.717) is 0 Å². The maximum absolute atomic E-state index is 10.4. The van der Waals surface area contributed by atoms with Gasteiger partial charge in [-0.3, -0.25) is 0 Å². The molecule has 0 amide bonds. The molecule has 0 spiro atoms. The second kappa shape index (κ2) is 6.18. The van der Waals surface area contributed by atoms with Crippen LogP contribution in [0.1, 0.15) is 66.7 Å². The van der Waals surface area contributed by atoms with Crippen molar-refractivity contribution in [2.45, 2.75) is 72.3 Å². The summed E-state index contributed by atoms with van der Waals surface area (Å²) in [6.07, 6.45) is 5.64. The molecule has 1 heteroatoms. The van der Waals surface area contributed by atoms with Crippen molar-refractivity contribution in [3.8, 4) is 11.8 Å². The highest BCUT2D eigenvalue weighted by molar-refractivity contribution is 5.13. The fourth-order valence-electron chi connectivity index (χ4n) is 1.66. The number of rotatable bonds is 6. The third-order valence-electron chi connectivity index (χ3n) is 3.30. The number of hydrogen-bond donors (Lipinski definition) is 1. The Hall–Kier alpha value is -0.480. The predicted octanol–water partition coefficient (Wildman–Crippen LogP) is 3.76. The molecule has 0 fully saturated rings. The van der Waals surface area contributed by atoms with Crippen LogP contribution in [0.25, 0.3) is 0 Å². The fraction of sp³-hybridized carbons (Fsp3) is 0.857. The zero-order chi connectivity index (χ0) is 11.9. The molecule has 0 aliphatic carbocycles. The molecule has 0 heterocycles. The molecule has 1 N–H and O–H groups in total. The summed E-state index contributed by atoms with van der Waals surface area (Å²) in [5.41, 5.74) is -0.988. The van der Waals surface area contributed by atoms with Gasteiger partial charge in [-0.15, -0.1) is 5.92 Å². The summed E-state index contributed by atoms with van der Waals surface area (Å²) in [7, 11) is 0. The van der Waals surface area contributed by atoms with E-state index in [-0.39, 0.29) is 5.41 Å². The van der Waals surface area contributed by atoms with Crippen molar-refractivity contribution < 1.29 is 5.11 Å². The van der Waals surface area contributed by atoms with E-state index in [1.807, 2.05) is 27.7 Å². The van der Waals surface area contributed by atoms with Crippen molar-refractivity contribution in [1.29, 1.82) is 0 Å². The highest BCUT2D eigenvalue weighted by atomic mass is 16.3. The van der Waals surface area contributed by atoms with Crippen molar-refractivity contribution in [3.63, 3.8) is 0 Å². The molecule has 1 unspecified atom stereocenters. The monoisotopic (exact) mass is 210 g/mol. The van der Waals surface area contributed by atoms with E-state index in [0.717, 1.165) is 12.8 Å². The molecule has 0 saturated heterocycles. The SMILES string of the molecule is CC#CC(C)(C)C(C)(O)CCCCCC. The van der Waals surface area contributed by atoms with E-state index in [1.165, 1.54) is 19.3 Å². The first-order chi connectivity index (χ1) is 6.87. The lowest BCUT2D eigenvalue weighted by Crippen LogP contribution is -2.40. The highest BCUT2D eigenvalue weighted by Crippen LogP contribution is 2.34. The van der Waals surface area contributed by atoms with Crippen LogP contribution in [0, 0.1) is 17.3 Å². The Bertz CT molecular complexity index is 227. The summed E-state index contributed by atoms with van der Waals surface area (Å²) in [5.74, 6) is 6.01. The van der Waals surface area contributed by atoms with E-state index >= 15 is 0 Å². The third-order valence-corrected chi connectivity index (χ3v) is 3.30. The number of unbranched alkanes of at least 4 members (excludes halogenated alkanes) is 3. The van der Waals surface area contributed by atoms with Crippen LogP contribution in [0.3, 0.4) is 0 Å². The summed E-state index contributed by atoms with van der Waals surface area (Å²) in [6, 6.07) is 0. The smallest absolute Gasteiger partial charge is 0.0779 e. The lowest BCUT2D eigenvalue weighted by Gasteiger charge is -2.36. The van der Waals surface area contributed by atoms with Crippen LogP contribution in [0.2, 0.25) is 0 Å². The van der Waals surface area contributed by atoms with Crippen molar-refractivity contribution in [2.75, 3.05) is 0 Å². The second-order valence-corrected chi connectivity index (χ2v) is 5.08. The van der Waals surface area contributed by atoms with Crippen LogP contribution in [0.4, 0.5) is 0 Å². The van der Waals surface area contributed by atoms with Gasteiger partial charge in [-0.05, 0) is 34.1 Å². The molecule has 0 aliphatic rings. The molecule has 0 aromatic rings. The van der Waals surface area contributed by atoms with E-state index in [9.17, 15) is 5.11 Å². The normalized spacial score (nSPS) is 15.3. The van der Waals surface area contributed by atoms with Gasteiger partial charge in [0.1, 0.15) is 0 Å². The summed E-state index contributed by atoms with van der Waals surface area (Å²) in [4.78, 5) is 0. The molecule has 0 aromatic heterocycles. The molecular weight excluding hydrogens is 184 g/mol. The van der Waals surface area contributed by atoms with Crippen molar-refractivity contribution in [2.24, 2.45) is 5.41 Å². The van der Waals surface area contributed by atoms with Gasteiger partial charge >= 0.3 is 0 Å². The maximum atomic E-state index is 10.4. The largest absolute Gasteiger partial charge is 0.389 e. The molecular formula is C14H26O. The van der Waals surface area contributed by atoms with Gasteiger partial charge in [-0.2, -0.15) is 0 Å². The first-order valence-electron chi connectivity index (χ1n) is 6.03. The molecule has 0 bridgehead atoms. The van der Waals surface area contributed by atoms with Crippen LogP contribution in [0.15, 0.2) is 0 Å². The average Bonchev–Trinajstić information content (AvgIpc) is 2.12. The lowest BCUT2D eigenvalue weighted by atomic mass is 9.74. The van der Waals surface area contributed by atoms with E-state index in [1.54, 1.807) is 0 Å². The predicted molar refractivity (Wildman–Crippen MR) is 66.6 cm³/mol. The highest BCUT2D eigenvalue weighted by Gasteiger charge is 2.37. The summed E-state index contributed by atoms with van der Waals surface area (Å²) in [5, 5.41) is 10.4. The van der Waals surface area contributed by atoms with E-state index in [4.69, 9.17) is 0 Å². The van der Waals surface area contributed by atoms with E-state index in [2.05, 4.69) is 18.8 Å². The Morgan fingerprint density at radius 2 is 1.67 bits per heavy atom. The van der Waals surface area contributed by atoms with Crippen LogP contribution >= 0.6 is 0 Å². The molecule has 0 aliphatic heterocycles. The molecule has 0 saturated carbocycles. The van der Waals surface area contributed by atoms with Gasteiger partial charge in [0, 0.05) is 0 Å².